The fraction of sp³-hybridized carbons (Fsp3) is 0.333. The SMILES string of the molecule is C#CCBr.C#CCOCCOCc1ccccc1.OCCOCc1ccccc1. The molecule has 0 amide bonds. The molecule has 0 saturated carbocycles. The predicted octanol–water partition coefficient (Wildman–Crippen LogP) is 4.06. The highest BCUT2D eigenvalue weighted by Crippen LogP contribution is 2.00. The van der Waals surface area contributed by atoms with E-state index >= 15 is 0 Å². The number of alkyl halides is 1. The van der Waals surface area contributed by atoms with Gasteiger partial charge in [-0.3, -0.25) is 0 Å². The van der Waals surface area contributed by atoms with Gasteiger partial charge in [-0.1, -0.05) is 88.4 Å². The average Bonchev–Trinajstić information content (AvgIpc) is 2.78. The molecule has 0 radical (unpaired) electrons. The highest BCUT2D eigenvalue weighted by Gasteiger charge is 1.91. The molecule has 0 bridgehead atoms. The van der Waals surface area contributed by atoms with Gasteiger partial charge < -0.3 is 19.3 Å². The van der Waals surface area contributed by atoms with Crippen LogP contribution in [-0.2, 0) is 27.4 Å². The van der Waals surface area contributed by atoms with Crippen molar-refractivity contribution < 1.29 is 19.3 Å². The van der Waals surface area contributed by atoms with Gasteiger partial charge in [0.05, 0.1) is 45.0 Å². The Morgan fingerprint density at radius 2 is 1.17 bits per heavy atom. The standard InChI is InChI=1S/C12H14O2.C9H12O2.C3H3Br/c1-2-8-13-9-10-14-11-12-6-4-3-5-7-12;10-6-7-11-8-9-4-2-1-3-5-9;1-2-3-4/h1,3-7H,8-11H2;1-5,10H,6-8H2;1H,3H2. The zero-order valence-electron chi connectivity index (χ0n) is 16.6. The maximum absolute atomic E-state index is 8.42. The maximum atomic E-state index is 8.42. The first kappa shape index (κ1) is 26.9. The molecule has 5 heteroatoms. The normalized spacial score (nSPS) is 9.10. The molecule has 2 aromatic rings. The van der Waals surface area contributed by atoms with E-state index in [1.54, 1.807) is 0 Å². The fourth-order valence-electron chi connectivity index (χ4n) is 1.84. The van der Waals surface area contributed by atoms with Gasteiger partial charge in [-0.05, 0) is 11.1 Å². The van der Waals surface area contributed by atoms with Crippen molar-refractivity contribution in [2.45, 2.75) is 13.2 Å². The molecule has 0 spiro atoms. The molecule has 0 aromatic heterocycles. The number of hydrogen-bond acceptors (Lipinski definition) is 4. The van der Waals surface area contributed by atoms with Gasteiger partial charge in [-0.2, -0.15) is 0 Å². The molecule has 0 aliphatic rings. The summed E-state index contributed by atoms with van der Waals surface area (Å²) in [5.41, 5.74) is 2.31. The topological polar surface area (TPSA) is 47.9 Å². The molecule has 1 N–H and O–H groups in total. The van der Waals surface area contributed by atoms with Crippen molar-refractivity contribution in [3.05, 3.63) is 71.8 Å². The Kier molecular flexibility index (Phi) is 20.6. The molecule has 0 aliphatic carbocycles. The van der Waals surface area contributed by atoms with Crippen molar-refractivity contribution in [2.24, 2.45) is 0 Å². The molecule has 0 unspecified atom stereocenters. The minimum atomic E-state index is 0.0901. The van der Waals surface area contributed by atoms with E-state index in [0.29, 0.717) is 45.0 Å². The number of aliphatic hydroxyl groups is 1. The molecule has 0 atom stereocenters. The van der Waals surface area contributed by atoms with Gasteiger partial charge in [-0.25, -0.2) is 0 Å². The molecule has 0 saturated heterocycles. The molecular formula is C24H29BrO4. The van der Waals surface area contributed by atoms with E-state index in [9.17, 15) is 0 Å². The van der Waals surface area contributed by atoms with Gasteiger partial charge in [-0.15, -0.1) is 12.8 Å². The van der Waals surface area contributed by atoms with E-state index in [1.807, 2.05) is 60.7 Å². The van der Waals surface area contributed by atoms with Crippen LogP contribution in [0.3, 0.4) is 0 Å². The van der Waals surface area contributed by atoms with Crippen LogP contribution < -0.4 is 0 Å². The lowest BCUT2D eigenvalue weighted by atomic mass is 10.2. The van der Waals surface area contributed by atoms with Gasteiger partial charge in [0.2, 0.25) is 0 Å². The lowest BCUT2D eigenvalue weighted by molar-refractivity contribution is 0.0520. The van der Waals surface area contributed by atoms with Crippen molar-refractivity contribution in [1.82, 2.24) is 0 Å². The van der Waals surface area contributed by atoms with Crippen molar-refractivity contribution in [2.75, 3.05) is 38.4 Å². The van der Waals surface area contributed by atoms with Crippen molar-refractivity contribution >= 4 is 15.9 Å². The Hall–Kier alpha value is -2.12. The summed E-state index contributed by atoms with van der Waals surface area (Å²) in [6.45, 7) is 3.20. The van der Waals surface area contributed by atoms with E-state index in [4.69, 9.17) is 32.2 Å². The van der Waals surface area contributed by atoms with E-state index in [2.05, 4.69) is 27.8 Å². The van der Waals surface area contributed by atoms with Gasteiger partial charge in [0.25, 0.3) is 0 Å². The van der Waals surface area contributed by atoms with Gasteiger partial charge in [0.1, 0.15) is 6.61 Å². The Morgan fingerprint density at radius 1 is 0.724 bits per heavy atom. The quantitative estimate of drug-likeness (QED) is 0.329. The smallest absolute Gasteiger partial charge is 0.107 e. The van der Waals surface area contributed by atoms with Crippen LogP contribution in [0.1, 0.15) is 11.1 Å². The number of ether oxygens (including phenoxy) is 3. The van der Waals surface area contributed by atoms with Crippen LogP contribution in [0.5, 0.6) is 0 Å². The predicted molar refractivity (Wildman–Crippen MR) is 122 cm³/mol. The van der Waals surface area contributed by atoms with Crippen LogP contribution in [0, 0.1) is 24.7 Å². The van der Waals surface area contributed by atoms with Crippen molar-refractivity contribution in [3.8, 4) is 24.7 Å². The molecule has 2 rings (SSSR count). The maximum Gasteiger partial charge on any atom is 0.107 e. The second-order valence-electron chi connectivity index (χ2n) is 5.39. The lowest BCUT2D eigenvalue weighted by Gasteiger charge is -2.03. The minimum absolute atomic E-state index is 0.0901. The molecule has 2 aromatic carbocycles. The Morgan fingerprint density at radius 3 is 1.59 bits per heavy atom. The van der Waals surface area contributed by atoms with E-state index < -0.39 is 0 Å². The molecule has 0 aliphatic heterocycles. The second-order valence-corrected chi connectivity index (χ2v) is 5.96. The number of benzene rings is 2. The zero-order chi connectivity index (χ0) is 21.4. The third kappa shape index (κ3) is 19.0. The largest absolute Gasteiger partial charge is 0.394 e. The third-order valence-electron chi connectivity index (χ3n) is 3.09. The summed E-state index contributed by atoms with van der Waals surface area (Å²) in [6.07, 6.45) is 9.75. The number of terminal acetylenes is 2. The zero-order valence-corrected chi connectivity index (χ0v) is 18.2. The number of hydrogen-bond donors (Lipinski definition) is 1. The van der Waals surface area contributed by atoms with Crippen LogP contribution in [0.25, 0.3) is 0 Å². The van der Waals surface area contributed by atoms with E-state index in [0.717, 1.165) is 5.56 Å². The van der Waals surface area contributed by atoms with Crippen LogP contribution in [-0.4, -0.2) is 43.5 Å². The van der Waals surface area contributed by atoms with Crippen molar-refractivity contribution in [3.63, 3.8) is 0 Å². The summed E-state index contributed by atoms with van der Waals surface area (Å²) in [7, 11) is 0. The minimum Gasteiger partial charge on any atom is -0.394 e. The molecule has 4 nitrogen and oxygen atoms in total. The first-order chi connectivity index (χ1) is 14.3. The summed E-state index contributed by atoms with van der Waals surface area (Å²) >= 11 is 3.01. The van der Waals surface area contributed by atoms with E-state index in [-0.39, 0.29) is 6.61 Å². The summed E-state index contributed by atoms with van der Waals surface area (Å²) in [5.74, 6) is 4.75. The molecule has 156 valence electrons. The fourth-order valence-corrected chi connectivity index (χ4v) is 1.84. The number of rotatable bonds is 10. The highest BCUT2D eigenvalue weighted by molar-refractivity contribution is 9.09. The summed E-state index contributed by atoms with van der Waals surface area (Å²) in [5, 5.41) is 9.08. The number of halogens is 1. The van der Waals surface area contributed by atoms with Crippen LogP contribution in [0.4, 0.5) is 0 Å². The Labute approximate surface area is 183 Å². The van der Waals surface area contributed by atoms with Gasteiger partial charge >= 0.3 is 0 Å². The molecule has 0 heterocycles. The molecule has 29 heavy (non-hydrogen) atoms. The number of aliphatic hydroxyl groups excluding tert-OH is 1. The Bertz CT molecular complexity index is 663. The van der Waals surface area contributed by atoms with Crippen molar-refractivity contribution in [1.29, 1.82) is 0 Å². The van der Waals surface area contributed by atoms with Crippen LogP contribution >= 0.6 is 15.9 Å². The second kappa shape index (κ2) is 22.2. The third-order valence-corrected chi connectivity index (χ3v) is 3.42. The van der Waals surface area contributed by atoms with Crippen LogP contribution in [0.15, 0.2) is 60.7 Å². The summed E-state index contributed by atoms with van der Waals surface area (Å²) < 4.78 is 15.6. The monoisotopic (exact) mass is 460 g/mol. The average molecular weight is 461 g/mol. The summed E-state index contributed by atoms with van der Waals surface area (Å²) in [6, 6.07) is 19.9. The molecule has 0 fully saturated rings. The van der Waals surface area contributed by atoms with Crippen LogP contribution in [0.2, 0.25) is 0 Å². The first-order valence-corrected chi connectivity index (χ1v) is 10.2. The van der Waals surface area contributed by atoms with Gasteiger partial charge in [0, 0.05) is 0 Å². The van der Waals surface area contributed by atoms with Gasteiger partial charge in [0.15, 0.2) is 0 Å². The van der Waals surface area contributed by atoms with E-state index in [1.165, 1.54) is 5.56 Å². The first-order valence-electron chi connectivity index (χ1n) is 9.13. The Balaban J connectivity index is 0.000000466. The highest BCUT2D eigenvalue weighted by atomic mass is 79.9. The summed E-state index contributed by atoms with van der Waals surface area (Å²) in [4.78, 5) is 0. The molecular weight excluding hydrogens is 432 g/mol. The lowest BCUT2D eigenvalue weighted by Crippen LogP contribution is -2.04.